The zero-order chi connectivity index (χ0) is 12.7. The van der Waals surface area contributed by atoms with Crippen molar-refractivity contribution in [1.82, 2.24) is 14.7 Å². The molecule has 1 aromatic carbocycles. The summed E-state index contributed by atoms with van der Waals surface area (Å²) in [6, 6.07) is 10.4. The summed E-state index contributed by atoms with van der Waals surface area (Å²) in [6.45, 7) is 2.25. The van der Waals surface area contributed by atoms with E-state index in [-0.39, 0.29) is 0 Å². The van der Waals surface area contributed by atoms with E-state index in [4.69, 9.17) is 5.73 Å². The van der Waals surface area contributed by atoms with Gasteiger partial charge in [0.1, 0.15) is 5.82 Å². The largest absolute Gasteiger partial charge is 0.384 e. The molecule has 1 fully saturated rings. The number of aromatic nitrogens is 2. The third-order valence-corrected chi connectivity index (χ3v) is 3.66. The van der Waals surface area contributed by atoms with Crippen LogP contribution in [0.25, 0.3) is 11.3 Å². The summed E-state index contributed by atoms with van der Waals surface area (Å²) in [5.41, 5.74) is 9.43. The van der Waals surface area contributed by atoms with E-state index in [1.54, 1.807) is 4.68 Å². The Bertz CT molecular complexity index is 547. The zero-order valence-corrected chi connectivity index (χ0v) is 10.8. The van der Waals surface area contributed by atoms with Crippen molar-refractivity contribution in [2.45, 2.75) is 5.92 Å². The number of nitrogen functional groups attached to an aromatic ring is 1. The van der Waals surface area contributed by atoms with E-state index in [2.05, 4.69) is 41.3 Å². The summed E-state index contributed by atoms with van der Waals surface area (Å²) >= 11 is 0. The van der Waals surface area contributed by atoms with Crippen molar-refractivity contribution in [3.8, 4) is 11.3 Å². The Morgan fingerprint density at radius 1 is 1.22 bits per heavy atom. The van der Waals surface area contributed by atoms with Gasteiger partial charge in [0.2, 0.25) is 0 Å². The predicted molar refractivity (Wildman–Crippen MR) is 73.3 cm³/mol. The van der Waals surface area contributed by atoms with Crippen molar-refractivity contribution in [2.75, 3.05) is 25.9 Å². The fourth-order valence-electron chi connectivity index (χ4n) is 2.60. The molecule has 1 aromatic heterocycles. The van der Waals surface area contributed by atoms with Crippen LogP contribution in [0.1, 0.15) is 11.5 Å². The fourth-order valence-corrected chi connectivity index (χ4v) is 2.60. The summed E-state index contributed by atoms with van der Waals surface area (Å²) in [5, 5.41) is 4.48. The summed E-state index contributed by atoms with van der Waals surface area (Å²) in [5.74, 6) is 1.32. The number of aryl methyl sites for hydroxylation is 1. The van der Waals surface area contributed by atoms with Crippen LogP contribution in [-0.4, -0.2) is 34.8 Å². The molecule has 0 bridgehead atoms. The van der Waals surface area contributed by atoms with Gasteiger partial charge in [-0.25, -0.2) is 0 Å². The van der Waals surface area contributed by atoms with E-state index in [0.717, 1.165) is 18.8 Å². The van der Waals surface area contributed by atoms with Crippen LogP contribution in [0.3, 0.4) is 0 Å². The molecular formula is C14H18N4. The molecule has 0 atom stereocenters. The number of likely N-dealkylation sites (tertiary alicyclic amines) is 1. The molecule has 0 spiro atoms. The number of hydrogen-bond donors (Lipinski definition) is 1. The highest BCUT2D eigenvalue weighted by molar-refractivity contribution is 5.67. The van der Waals surface area contributed by atoms with Crippen molar-refractivity contribution in [3.05, 3.63) is 35.9 Å². The van der Waals surface area contributed by atoms with Crippen LogP contribution in [0, 0.1) is 0 Å². The lowest BCUT2D eigenvalue weighted by molar-refractivity contribution is 0.190. The highest BCUT2D eigenvalue weighted by Crippen LogP contribution is 2.33. The van der Waals surface area contributed by atoms with E-state index in [0.29, 0.717) is 11.7 Å². The van der Waals surface area contributed by atoms with Gasteiger partial charge in [0.05, 0.1) is 5.69 Å². The second kappa shape index (κ2) is 4.14. The number of rotatable bonds is 2. The predicted octanol–water partition coefficient (Wildman–Crippen LogP) is 1.70. The molecule has 0 radical (unpaired) electrons. The molecule has 1 aliphatic heterocycles. The molecule has 0 amide bonds. The first-order chi connectivity index (χ1) is 8.65. The van der Waals surface area contributed by atoms with Crippen LogP contribution < -0.4 is 5.73 Å². The van der Waals surface area contributed by atoms with Crippen LogP contribution >= 0.6 is 0 Å². The molecule has 3 rings (SSSR count). The Hall–Kier alpha value is -1.81. The third kappa shape index (κ3) is 1.78. The van der Waals surface area contributed by atoms with E-state index in [1.807, 2.05) is 13.1 Å². The van der Waals surface area contributed by atoms with E-state index in [9.17, 15) is 0 Å². The van der Waals surface area contributed by atoms with Crippen molar-refractivity contribution >= 4 is 5.82 Å². The standard InChI is InChI=1S/C14H18N4/c1-17-8-10(9-17)11-5-3-4-6-12(11)13-7-14(15)18(2)16-13/h3-7,10H,8-9,15H2,1-2H3. The summed E-state index contributed by atoms with van der Waals surface area (Å²) in [6.07, 6.45) is 0. The van der Waals surface area contributed by atoms with Crippen molar-refractivity contribution in [2.24, 2.45) is 7.05 Å². The van der Waals surface area contributed by atoms with Gasteiger partial charge < -0.3 is 10.6 Å². The molecule has 2 aromatic rings. The van der Waals surface area contributed by atoms with Crippen molar-refractivity contribution < 1.29 is 0 Å². The average molecular weight is 242 g/mol. The maximum absolute atomic E-state index is 5.86. The van der Waals surface area contributed by atoms with E-state index >= 15 is 0 Å². The van der Waals surface area contributed by atoms with Gasteiger partial charge in [-0.05, 0) is 12.6 Å². The highest BCUT2D eigenvalue weighted by Gasteiger charge is 2.27. The topological polar surface area (TPSA) is 47.1 Å². The Labute approximate surface area is 107 Å². The molecule has 4 nitrogen and oxygen atoms in total. The molecule has 94 valence electrons. The lowest BCUT2D eigenvalue weighted by Crippen LogP contribution is -2.41. The first-order valence-electron chi connectivity index (χ1n) is 6.22. The molecule has 4 heteroatoms. The van der Waals surface area contributed by atoms with Crippen LogP contribution in [0.4, 0.5) is 5.82 Å². The van der Waals surface area contributed by atoms with Crippen LogP contribution in [-0.2, 0) is 7.05 Å². The lowest BCUT2D eigenvalue weighted by Gasteiger charge is -2.37. The highest BCUT2D eigenvalue weighted by atomic mass is 15.3. The molecule has 1 aliphatic rings. The molecule has 0 unspecified atom stereocenters. The summed E-state index contributed by atoms with van der Waals surface area (Å²) in [7, 11) is 4.02. The van der Waals surface area contributed by atoms with Gasteiger partial charge in [-0.15, -0.1) is 0 Å². The second-order valence-electron chi connectivity index (χ2n) is 5.08. The minimum absolute atomic E-state index is 0.620. The molecule has 2 N–H and O–H groups in total. The van der Waals surface area contributed by atoms with E-state index < -0.39 is 0 Å². The number of anilines is 1. The Morgan fingerprint density at radius 3 is 2.56 bits per heavy atom. The zero-order valence-electron chi connectivity index (χ0n) is 10.8. The third-order valence-electron chi connectivity index (χ3n) is 3.66. The van der Waals surface area contributed by atoms with Gasteiger partial charge in [-0.1, -0.05) is 24.3 Å². The minimum Gasteiger partial charge on any atom is -0.384 e. The van der Waals surface area contributed by atoms with Gasteiger partial charge in [0.25, 0.3) is 0 Å². The minimum atomic E-state index is 0.620. The summed E-state index contributed by atoms with van der Waals surface area (Å²) < 4.78 is 1.72. The Morgan fingerprint density at radius 2 is 1.94 bits per heavy atom. The molecule has 18 heavy (non-hydrogen) atoms. The molecule has 0 aliphatic carbocycles. The number of benzene rings is 1. The smallest absolute Gasteiger partial charge is 0.121 e. The molecule has 0 saturated carbocycles. The number of likely N-dealkylation sites (N-methyl/N-ethyl adjacent to an activating group) is 1. The van der Waals surface area contributed by atoms with Gasteiger partial charge in [-0.3, -0.25) is 4.68 Å². The number of nitrogens with zero attached hydrogens (tertiary/aromatic N) is 3. The quantitative estimate of drug-likeness (QED) is 0.872. The second-order valence-corrected chi connectivity index (χ2v) is 5.08. The normalized spacial score (nSPS) is 16.8. The summed E-state index contributed by atoms with van der Waals surface area (Å²) in [4.78, 5) is 2.33. The van der Waals surface area contributed by atoms with E-state index in [1.165, 1.54) is 11.1 Å². The lowest BCUT2D eigenvalue weighted by atomic mass is 9.87. The Kier molecular flexibility index (Phi) is 2.59. The maximum Gasteiger partial charge on any atom is 0.121 e. The molecule has 2 heterocycles. The first-order valence-corrected chi connectivity index (χ1v) is 6.22. The van der Waals surface area contributed by atoms with Crippen molar-refractivity contribution in [3.63, 3.8) is 0 Å². The van der Waals surface area contributed by atoms with Gasteiger partial charge in [-0.2, -0.15) is 5.10 Å². The van der Waals surface area contributed by atoms with Crippen molar-refractivity contribution in [1.29, 1.82) is 0 Å². The van der Waals surface area contributed by atoms with Crippen LogP contribution in [0.2, 0.25) is 0 Å². The van der Waals surface area contributed by atoms with Crippen LogP contribution in [0.15, 0.2) is 30.3 Å². The first kappa shape index (κ1) is 11.3. The van der Waals surface area contributed by atoms with Gasteiger partial charge in [0.15, 0.2) is 0 Å². The van der Waals surface area contributed by atoms with Gasteiger partial charge in [0, 0.05) is 37.7 Å². The monoisotopic (exact) mass is 242 g/mol. The average Bonchev–Trinajstić information content (AvgIpc) is 2.66. The van der Waals surface area contributed by atoms with Gasteiger partial charge >= 0.3 is 0 Å². The SMILES string of the molecule is CN1CC(c2ccccc2-c2cc(N)n(C)n2)C1. The molecule has 1 saturated heterocycles. The Balaban J connectivity index is 2.01. The number of nitrogens with two attached hydrogens (primary N) is 1. The van der Waals surface area contributed by atoms with Crippen LogP contribution in [0.5, 0.6) is 0 Å². The molecular weight excluding hydrogens is 224 g/mol. The maximum atomic E-state index is 5.86. The fraction of sp³-hybridized carbons (Fsp3) is 0.357. The number of hydrogen-bond acceptors (Lipinski definition) is 3.